The fraction of sp³-hybridized carbons (Fsp3) is 0.438. The summed E-state index contributed by atoms with van der Waals surface area (Å²) in [4.78, 5) is 37.4. The zero-order valence-electron chi connectivity index (χ0n) is 14.1. The van der Waals surface area contributed by atoms with E-state index in [-0.39, 0.29) is 23.8 Å². The molecule has 0 bridgehead atoms. The molecule has 0 spiro atoms. The second kappa shape index (κ2) is 6.88. The van der Waals surface area contributed by atoms with Crippen LogP contribution >= 0.6 is 0 Å². The molecule has 1 aromatic heterocycles. The van der Waals surface area contributed by atoms with Crippen LogP contribution in [-0.2, 0) is 4.79 Å². The van der Waals surface area contributed by atoms with Gasteiger partial charge in [0.2, 0.25) is 5.91 Å². The fourth-order valence-electron chi connectivity index (χ4n) is 2.90. The average molecular weight is 344 g/mol. The van der Waals surface area contributed by atoms with Gasteiger partial charge in [-0.05, 0) is 48.5 Å². The molecule has 0 radical (unpaired) electrons. The lowest BCUT2D eigenvalue weighted by atomic mass is 10.1. The highest BCUT2D eigenvalue weighted by Gasteiger charge is 2.31. The lowest BCUT2D eigenvalue weighted by molar-refractivity contribution is -0.129. The molecule has 1 fully saturated rings. The number of aromatic amines is 1. The average Bonchev–Trinajstić information content (AvgIpc) is 3.18. The Bertz CT molecular complexity index is 823. The lowest BCUT2D eigenvalue weighted by Gasteiger charge is -2.21. The van der Waals surface area contributed by atoms with Gasteiger partial charge in [-0.2, -0.15) is 4.68 Å². The highest BCUT2D eigenvalue weighted by atomic mass is 16.2. The van der Waals surface area contributed by atoms with Crippen LogP contribution in [0.2, 0.25) is 0 Å². The number of nitrogens with one attached hydrogen (secondary N) is 2. The van der Waals surface area contributed by atoms with Crippen LogP contribution in [0.4, 0.5) is 0 Å². The number of rotatable bonds is 5. The first-order chi connectivity index (χ1) is 12.0. The summed E-state index contributed by atoms with van der Waals surface area (Å²) < 4.78 is 1.10. The van der Waals surface area contributed by atoms with Gasteiger partial charge in [-0.25, -0.2) is 9.89 Å². The van der Waals surface area contributed by atoms with E-state index in [1.165, 1.54) is 0 Å². The number of benzene rings is 1. The Morgan fingerprint density at radius 3 is 2.60 bits per heavy atom. The second-order valence-corrected chi connectivity index (χ2v) is 6.39. The van der Waals surface area contributed by atoms with Gasteiger partial charge in [0.1, 0.15) is 0 Å². The molecule has 132 valence electrons. The van der Waals surface area contributed by atoms with E-state index in [1.54, 1.807) is 24.3 Å². The van der Waals surface area contributed by atoms with Crippen molar-refractivity contribution in [3.05, 3.63) is 40.3 Å². The molecular formula is C16H20N6O3. The van der Waals surface area contributed by atoms with E-state index in [2.05, 4.69) is 20.8 Å². The second-order valence-electron chi connectivity index (χ2n) is 6.39. The molecule has 2 heterocycles. The Labute approximate surface area is 144 Å². The minimum Gasteiger partial charge on any atom is -0.352 e. The predicted octanol–water partition coefficient (Wildman–Crippen LogP) is -0.0577. The number of aromatic nitrogens is 4. The molecule has 1 atom stereocenters. The molecule has 3 rings (SSSR count). The number of carbonyl (C=O) groups excluding carboxylic acids is 2. The quantitative estimate of drug-likeness (QED) is 0.789. The Kier molecular flexibility index (Phi) is 4.64. The molecule has 9 heteroatoms. The Balaban J connectivity index is 1.58. The van der Waals surface area contributed by atoms with Gasteiger partial charge < -0.3 is 10.2 Å². The van der Waals surface area contributed by atoms with Crippen LogP contribution in [0.1, 0.15) is 30.6 Å². The number of likely N-dealkylation sites (tertiary alicyclic amines) is 1. The Morgan fingerprint density at radius 1 is 1.32 bits per heavy atom. The molecule has 1 unspecified atom stereocenters. The molecular weight excluding hydrogens is 324 g/mol. The van der Waals surface area contributed by atoms with Crippen molar-refractivity contribution in [3.63, 3.8) is 0 Å². The van der Waals surface area contributed by atoms with E-state index in [9.17, 15) is 14.4 Å². The topological polar surface area (TPSA) is 113 Å². The summed E-state index contributed by atoms with van der Waals surface area (Å²) in [5.41, 5.74) is 0.549. The molecule has 0 saturated carbocycles. The van der Waals surface area contributed by atoms with Gasteiger partial charge >= 0.3 is 5.69 Å². The molecule has 9 nitrogen and oxygen atoms in total. The maximum atomic E-state index is 12.3. The van der Waals surface area contributed by atoms with Crippen molar-refractivity contribution in [2.24, 2.45) is 5.92 Å². The predicted molar refractivity (Wildman–Crippen MR) is 89.3 cm³/mol. The van der Waals surface area contributed by atoms with E-state index < -0.39 is 5.69 Å². The van der Waals surface area contributed by atoms with Crippen LogP contribution in [0.25, 0.3) is 5.69 Å². The van der Waals surface area contributed by atoms with Crippen molar-refractivity contribution in [1.29, 1.82) is 0 Å². The van der Waals surface area contributed by atoms with Crippen LogP contribution in [0.15, 0.2) is 29.1 Å². The van der Waals surface area contributed by atoms with Gasteiger partial charge in [0.15, 0.2) is 0 Å². The van der Waals surface area contributed by atoms with Crippen LogP contribution in [-0.4, -0.2) is 56.1 Å². The van der Waals surface area contributed by atoms with Crippen molar-refractivity contribution in [1.82, 2.24) is 30.4 Å². The van der Waals surface area contributed by atoms with Gasteiger partial charge in [0.05, 0.1) is 5.69 Å². The van der Waals surface area contributed by atoms with Gasteiger partial charge in [-0.1, -0.05) is 0 Å². The minimum atomic E-state index is -0.446. The van der Waals surface area contributed by atoms with Crippen LogP contribution in [0.5, 0.6) is 0 Å². The number of nitrogens with zero attached hydrogens (tertiary/aromatic N) is 4. The zero-order valence-corrected chi connectivity index (χ0v) is 14.1. The van der Waals surface area contributed by atoms with Gasteiger partial charge in [-0.15, -0.1) is 0 Å². The van der Waals surface area contributed by atoms with Crippen molar-refractivity contribution < 1.29 is 9.59 Å². The fourth-order valence-corrected chi connectivity index (χ4v) is 2.90. The largest absolute Gasteiger partial charge is 0.365 e. The summed E-state index contributed by atoms with van der Waals surface area (Å²) in [7, 11) is 0. The smallest absolute Gasteiger partial charge is 0.352 e. The maximum absolute atomic E-state index is 12.3. The maximum Gasteiger partial charge on any atom is 0.365 e. The highest BCUT2D eigenvalue weighted by Crippen LogP contribution is 2.19. The summed E-state index contributed by atoms with van der Waals surface area (Å²) in [5, 5.41) is 12.1. The highest BCUT2D eigenvalue weighted by molar-refractivity contribution is 5.94. The van der Waals surface area contributed by atoms with E-state index in [4.69, 9.17) is 0 Å². The first kappa shape index (κ1) is 16.9. The summed E-state index contributed by atoms with van der Waals surface area (Å²) in [6.45, 7) is 5.10. The molecule has 2 amide bonds. The standard InChI is InChI=1S/C16H20N6O3/c1-10(2)21-9-11(7-14(21)23)8-17-15(24)12-3-5-13(6-4-12)22-16(25)18-19-20-22/h3-6,10-11H,7-9H2,1-2H3,(H,17,24)(H,18,20,25). The van der Waals surface area contributed by atoms with E-state index >= 15 is 0 Å². The summed E-state index contributed by atoms with van der Waals surface area (Å²) >= 11 is 0. The minimum absolute atomic E-state index is 0.131. The van der Waals surface area contributed by atoms with Gasteiger partial charge in [0.25, 0.3) is 5.91 Å². The SMILES string of the molecule is CC(C)N1CC(CNC(=O)c2ccc(-n3nn[nH]c3=O)cc2)CC1=O. The third-order valence-electron chi connectivity index (χ3n) is 4.26. The van der Waals surface area contributed by atoms with Crippen molar-refractivity contribution >= 4 is 11.8 Å². The molecule has 1 saturated heterocycles. The molecule has 1 aliphatic heterocycles. The zero-order chi connectivity index (χ0) is 18.0. The van der Waals surface area contributed by atoms with Crippen LogP contribution < -0.4 is 11.0 Å². The number of H-pyrrole nitrogens is 1. The van der Waals surface area contributed by atoms with E-state index in [0.29, 0.717) is 30.8 Å². The Morgan fingerprint density at radius 2 is 2.04 bits per heavy atom. The van der Waals surface area contributed by atoms with Crippen molar-refractivity contribution in [3.8, 4) is 5.69 Å². The number of carbonyl (C=O) groups is 2. The van der Waals surface area contributed by atoms with Gasteiger partial charge in [0, 0.05) is 37.0 Å². The van der Waals surface area contributed by atoms with Crippen LogP contribution in [0, 0.1) is 5.92 Å². The third kappa shape index (κ3) is 3.59. The van der Waals surface area contributed by atoms with Crippen molar-refractivity contribution in [2.45, 2.75) is 26.3 Å². The first-order valence-corrected chi connectivity index (χ1v) is 8.14. The van der Waals surface area contributed by atoms with Crippen molar-refractivity contribution in [2.75, 3.05) is 13.1 Å². The number of hydrogen-bond donors (Lipinski definition) is 2. The molecule has 25 heavy (non-hydrogen) atoms. The lowest BCUT2D eigenvalue weighted by Crippen LogP contribution is -2.34. The molecule has 2 N–H and O–H groups in total. The molecule has 1 aromatic carbocycles. The first-order valence-electron chi connectivity index (χ1n) is 8.14. The van der Waals surface area contributed by atoms with E-state index in [0.717, 1.165) is 4.68 Å². The molecule has 0 aliphatic carbocycles. The summed E-state index contributed by atoms with van der Waals surface area (Å²) in [6.07, 6.45) is 0.465. The third-order valence-corrected chi connectivity index (χ3v) is 4.26. The summed E-state index contributed by atoms with van der Waals surface area (Å²) in [5.74, 6) is 0.0537. The normalized spacial score (nSPS) is 17.3. The number of tetrazole rings is 1. The van der Waals surface area contributed by atoms with E-state index in [1.807, 2.05) is 18.7 Å². The monoisotopic (exact) mass is 344 g/mol. The number of hydrogen-bond acceptors (Lipinski definition) is 5. The summed E-state index contributed by atoms with van der Waals surface area (Å²) in [6, 6.07) is 6.66. The Hall–Kier alpha value is -2.97. The number of amides is 2. The van der Waals surface area contributed by atoms with Crippen LogP contribution in [0.3, 0.4) is 0 Å². The van der Waals surface area contributed by atoms with Gasteiger partial charge in [-0.3, -0.25) is 9.59 Å². The molecule has 1 aliphatic rings. The molecule has 2 aromatic rings.